The van der Waals surface area contributed by atoms with Crippen molar-refractivity contribution in [2.45, 2.75) is 95.6 Å². The zero-order valence-corrected chi connectivity index (χ0v) is 27.7. The maximum Gasteiger partial charge on any atom is 0.387 e. The highest BCUT2D eigenvalue weighted by molar-refractivity contribution is 5.81. The molecular formula is C36H39F3N6O5. The van der Waals surface area contributed by atoms with Gasteiger partial charge in [0.05, 0.1) is 36.8 Å². The van der Waals surface area contributed by atoms with Crippen LogP contribution in [0.1, 0.15) is 69.4 Å². The van der Waals surface area contributed by atoms with Crippen molar-refractivity contribution in [2.75, 3.05) is 10.6 Å². The minimum Gasteiger partial charge on any atom is -0.462 e. The first-order valence-electron chi connectivity index (χ1n) is 16.7. The topological polar surface area (TPSA) is 140 Å². The summed E-state index contributed by atoms with van der Waals surface area (Å²) < 4.78 is 51.0. The highest BCUT2D eigenvalue weighted by atomic mass is 19.3. The molecule has 0 amide bonds. The van der Waals surface area contributed by atoms with E-state index in [0.29, 0.717) is 60.3 Å². The molecular weight excluding hydrogens is 653 g/mol. The number of pyridine rings is 2. The fraction of sp³-hybridized carbons (Fsp3) is 0.417. The van der Waals surface area contributed by atoms with Crippen molar-refractivity contribution in [1.29, 1.82) is 0 Å². The van der Waals surface area contributed by atoms with Gasteiger partial charge in [-0.2, -0.15) is 8.78 Å². The molecule has 0 unspecified atom stereocenters. The number of ether oxygens (including phenoxy) is 2. The number of aliphatic hydroxyl groups is 1. The lowest BCUT2D eigenvalue weighted by atomic mass is 9.87. The maximum atomic E-state index is 14.6. The first-order chi connectivity index (χ1) is 24.0. The molecule has 1 aliphatic heterocycles. The maximum absolute atomic E-state index is 14.6. The second-order valence-electron chi connectivity index (χ2n) is 13.0. The van der Waals surface area contributed by atoms with Gasteiger partial charge < -0.3 is 25.2 Å². The number of hydrogen-bond acceptors (Lipinski definition) is 10. The number of halogens is 3. The lowest BCUT2D eigenvalue weighted by Crippen LogP contribution is -2.34. The molecule has 3 aromatic heterocycles. The van der Waals surface area contributed by atoms with Crippen LogP contribution in [0.15, 0.2) is 66.0 Å². The van der Waals surface area contributed by atoms with Crippen LogP contribution in [-0.4, -0.2) is 61.5 Å². The Bertz CT molecular complexity index is 1840. The first kappa shape index (κ1) is 34.9. The van der Waals surface area contributed by atoms with Crippen molar-refractivity contribution in [1.82, 2.24) is 19.5 Å². The quantitative estimate of drug-likeness (QED) is 0.152. The van der Waals surface area contributed by atoms with Crippen molar-refractivity contribution >= 4 is 17.7 Å². The number of rotatable bonds is 12. The van der Waals surface area contributed by atoms with Gasteiger partial charge in [0.1, 0.15) is 17.7 Å². The predicted molar refractivity (Wildman–Crippen MR) is 180 cm³/mol. The van der Waals surface area contributed by atoms with Crippen molar-refractivity contribution in [3.8, 4) is 22.6 Å². The van der Waals surface area contributed by atoms with Crippen LogP contribution in [0, 0.1) is 5.82 Å². The van der Waals surface area contributed by atoms with Crippen LogP contribution in [0.3, 0.4) is 0 Å². The lowest BCUT2D eigenvalue weighted by molar-refractivity contribution is -0.160. The Kier molecular flexibility index (Phi) is 10.7. The summed E-state index contributed by atoms with van der Waals surface area (Å²) in [5, 5.41) is 17.2. The van der Waals surface area contributed by atoms with Gasteiger partial charge in [-0.15, -0.1) is 0 Å². The number of cyclic esters (lactones) is 1. The van der Waals surface area contributed by atoms with E-state index < -0.39 is 30.6 Å². The minimum absolute atomic E-state index is 0.0500. The Morgan fingerprint density at radius 1 is 1.02 bits per heavy atom. The van der Waals surface area contributed by atoms with E-state index in [1.165, 1.54) is 24.5 Å². The fourth-order valence-electron chi connectivity index (χ4n) is 6.91. The number of carbonyl (C=O) groups excluding carboxylic acids is 1. The number of aliphatic hydroxyl groups excluding tert-OH is 1. The number of nitrogens with one attached hydrogen (secondary N) is 2. The smallest absolute Gasteiger partial charge is 0.387 e. The molecule has 3 N–H and O–H groups in total. The standard InChI is InChI=1S/C36H39F3N6O5/c1-20(2)31-29(12-11-27-15-26(46)16-30(47)49-27)32(21-5-7-22(37)8-6-21)33(45(34(31)48)25-4-3-13-40-17-25)43-23-9-10-24(14-23)44-36-41-18-28(19-42-36)50-35(38)39/h3-8,13,17-20,23-24,26-27,35,43,46H,9-12,14-16H2,1-2H3,(H,41,42,44)/t23-,24-,26-,27+/m0/s1. The number of aromatic nitrogens is 4. The molecule has 1 saturated carbocycles. The normalized spacial score (nSPS) is 20.6. The third-order valence-corrected chi connectivity index (χ3v) is 9.05. The highest BCUT2D eigenvalue weighted by Crippen LogP contribution is 2.39. The van der Waals surface area contributed by atoms with E-state index in [9.17, 15) is 27.9 Å². The number of alkyl halides is 2. The Morgan fingerprint density at radius 3 is 2.38 bits per heavy atom. The highest BCUT2D eigenvalue weighted by Gasteiger charge is 2.32. The van der Waals surface area contributed by atoms with Gasteiger partial charge in [0.2, 0.25) is 5.95 Å². The van der Waals surface area contributed by atoms with Gasteiger partial charge >= 0.3 is 12.6 Å². The van der Waals surface area contributed by atoms with E-state index >= 15 is 0 Å². The predicted octanol–water partition coefficient (Wildman–Crippen LogP) is 6.00. The monoisotopic (exact) mass is 692 g/mol. The van der Waals surface area contributed by atoms with Crippen molar-refractivity contribution < 1.29 is 32.5 Å². The zero-order valence-electron chi connectivity index (χ0n) is 27.7. The molecule has 1 aliphatic carbocycles. The molecule has 4 heterocycles. The molecule has 14 heteroatoms. The number of hydrogen-bond donors (Lipinski definition) is 3. The van der Waals surface area contributed by atoms with E-state index in [-0.39, 0.29) is 41.7 Å². The van der Waals surface area contributed by atoms with Gasteiger partial charge in [0, 0.05) is 35.8 Å². The first-order valence-corrected chi connectivity index (χ1v) is 16.7. The summed E-state index contributed by atoms with van der Waals surface area (Å²) >= 11 is 0. The average Bonchev–Trinajstić information content (AvgIpc) is 3.51. The number of esters is 1. The summed E-state index contributed by atoms with van der Waals surface area (Å²) in [7, 11) is 0. The molecule has 50 heavy (non-hydrogen) atoms. The molecule has 0 radical (unpaired) electrons. The number of carbonyl (C=O) groups is 1. The van der Waals surface area contributed by atoms with Crippen LogP contribution < -0.4 is 20.9 Å². The van der Waals surface area contributed by atoms with Gasteiger partial charge in [0.15, 0.2) is 5.75 Å². The molecule has 1 saturated heterocycles. The molecule has 2 aliphatic rings. The summed E-state index contributed by atoms with van der Waals surface area (Å²) in [6.45, 7) is 0.915. The van der Waals surface area contributed by atoms with Crippen LogP contribution in [0.5, 0.6) is 5.75 Å². The SMILES string of the molecule is CC(C)c1c(CC[C@@H]2C[C@H](O)CC(=O)O2)c(-c2ccc(F)cc2)c(N[C@H]2CC[C@H](Nc3ncc(OC(F)F)cn3)C2)n(-c2cccnc2)c1=O. The summed E-state index contributed by atoms with van der Waals surface area (Å²) in [6, 6.07) is 9.49. The lowest BCUT2D eigenvalue weighted by Gasteiger charge is -2.29. The molecule has 11 nitrogen and oxygen atoms in total. The minimum atomic E-state index is -2.98. The van der Waals surface area contributed by atoms with E-state index in [2.05, 4.69) is 30.3 Å². The third kappa shape index (κ3) is 8.07. The van der Waals surface area contributed by atoms with Crippen LogP contribution in [0.25, 0.3) is 16.8 Å². The fourth-order valence-corrected chi connectivity index (χ4v) is 6.91. The Labute approximate surface area is 286 Å². The van der Waals surface area contributed by atoms with E-state index in [0.717, 1.165) is 12.0 Å². The average molecular weight is 693 g/mol. The molecule has 1 aromatic carbocycles. The van der Waals surface area contributed by atoms with Crippen LogP contribution in [-0.2, 0) is 16.0 Å². The van der Waals surface area contributed by atoms with Gasteiger partial charge in [-0.05, 0) is 73.4 Å². The summed E-state index contributed by atoms with van der Waals surface area (Å²) in [6.07, 6.45) is 7.33. The third-order valence-electron chi connectivity index (χ3n) is 9.05. The van der Waals surface area contributed by atoms with E-state index in [1.807, 2.05) is 13.8 Å². The molecule has 0 spiro atoms. The van der Waals surface area contributed by atoms with E-state index in [1.54, 1.807) is 41.2 Å². The van der Waals surface area contributed by atoms with Crippen molar-refractivity contribution in [3.05, 3.63) is 88.5 Å². The number of anilines is 2. The zero-order chi connectivity index (χ0) is 35.4. The Hall–Kier alpha value is -4.98. The molecule has 4 atom stereocenters. The molecule has 4 aromatic rings. The second kappa shape index (κ2) is 15.3. The molecule has 2 fully saturated rings. The second-order valence-corrected chi connectivity index (χ2v) is 13.0. The van der Waals surface area contributed by atoms with Gasteiger partial charge in [-0.1, -0.05) is 26.0 Å². The van der Waals surface area contributed by atoms with Gasteiger partial charge in [-0.3, -0.25) is 19.1 Å². The Balaban J connectivity index is 1.40. The van der Waals surface area contributed by atoms with E-state index in [4.69, 9.17) is 4.74 Å². The van der Waals surface area contributed by atoms with Gasteiger partial charge in [0.25, 0.3) is 5.56 Å². The van der Waals surface area contributed by atoms with Gasteiger partial charge in [-0.25, -0.2) is 14.4 Å². The number of benzene rings is 1. The van der Waals surface area contributed by atoms with Crippen LogP contribution >= 0.6 is 0 Å². The van der Waals surface area contributed by atoms with Crippen molar-refractivity contribution in [3.63, 3.8) is 0 Å². The summed E-state index contributed by atoms with van der Waals surface area (Å²) in [4.78, 5) is 39.3. The van der Waals surface area contributed by atoms with Crippen molar-refractivity contribution in [2.24, 2.45) is 0 Å². The summed E-state index contributed by atoms with van der Waals surface area (Å²) in [5.74, 6) is -0.419. The molecule has 6 rings (SSSR count). The van der Waals surface area contributed by atoms with Crippen LogP contribution in [0.4, 0.5) is 24.9 Å². The largest absolute Gasteiger partial charge is 0.462 e. The summed E-state index contributed by atoms with van der Waals surface area (Å²) in [5.41, 5.74) is 3.05. The molecule has 0 bridgehead atoms. The number of nitrogens with zero attached hydrogens (tertiary/aromatic N) is 4. The Morgan fingerprint density at radius 2 is 1.74 bits per heavy atom. The molecule has 264 valence electrons. The van der Waals surface area contributed by atoms with Crippen LogP contribution in [0.2, 0.25) is 0 Å².